The van der Waals surface area contributed by atoms with Crippen LogP contribution in [-0.4, -0.2) is 37.3 Å². The summed E-state index contributed by atoms with van der Waals surface area (Å²) in [5, 5.41) is 49.6. The van der Waals surface area contributed by atoms with E-state index in [2.05, 4.69) is 0 Å². The standard InChI is InChI=1S/C17H17NO9/c1-17(2,3)16(24)27-6-7-4-9-8(5-10(7)18(25)26)11(15(22)23)13(20)14(21)12(9)19/h4-5,19-21H,6H2,1-3H3,(H,22,23). The molecule has 0 fully saturated rings. The highest BCUT2D eigenvalue weighted by molar-refractivity contribution is 6.10. The minimum Gasteiger partial charge on any atom is -0.504 e. The van der Waals surface area contributed by atoms with Crippen LogP contribution in [0.1, 0.15) is 36.7 Å². The van der Waals surface area contributed by atoms with E-state index in [0.29, 0.717) is 0 Å². The van der Waals surface area contributed by atoms with Gasteiger partial charge in [-0.25, -0.2) is 4.79 Å². The number of aromatic hydroxyl groups is 3. The third-order valence-corrected chi connectivity index (χ3v) is 3.81. The van der Waals surface area contributed by atoms with Crippen LogP contribution in [0.2, 0.25) is 0 Å². The number of phenols is 3. The molecule has 0 saturated carbocycles. The first-order valence-electron chi connectivity index (χ1n) is 7.64. The Morgan fingerprint density at radius 2 is 1.67 bits per heavy atom. The number of phenolic OH excluding ortho intramolecular Hbond substituents is 2. The average molecular weight is 379 g/mol. The van der Waals surface area contributed by atoms with Crippen molar-refractivity contribution in [1.29, 1.82) is 0 Å². The molecule has 0 heterocycles. The lowest BCUT2D eigenvalue weighted by molar-refractivity contribution is -0.385. The fourth-order valence-corrected chi connectivity index (χ4v) is 2.38. The zero-order valence-electron chi connectivity index (χ0n) is 14.6. The van der Waals surface area contributed by atoms with Crippen molar-refractivity contribution < 1.29 is 39.7 Å². The van der Waals surface area contributed by atoms with Crippen LogP contribution in [0.3, 0.4) is 0 Å². The molecule has 0 aliphatic heterocycles. The molecule has 27 heavy (non-hydrogen) atoms. The Bertz CT molecular complexity index is 973. The maximum absolute atomic E-state index is 11.9. The van der Waals surface area contributed by atoms with Crippen LogP contribution in [0.25, 0.3) is 10.8 Å². The highest BCUT2D eigenvalue weighted by Gasteiger charge is 2.28. The van der Waals surface area contributed by atoms with Gasteiger partial charge in [-0.1, -0.05) is 0 Å². The third kappa shape index (κ3) is 3.54. The van der Waals surface area contributed by atoms with Crippen LogP contribution < -0.4 is 0 Å². The Morgan fingerprint density at radius 3 is 2.15 bits per heavy atom. The van der Waals surface area contributed by atoms with E-state index >= 15 is 0 Å². The summed E-state index contributed by atoms with van der Waals surface area (Å²) in [6, 6.07) is 1.86. The molecule has 2 aromatic rings. The van der Waals surface area contributed by atoms with Crippen LogP contribution in [0.5, 0.6) is 17.2 Å². The number of nitrogens with zero attached hydrogens (tertiary/aromatic N) is 1. The number of carbonyl (C=O) groups excluding carboxylic acids is 1. The Morgan fingerprint density at radius 1 is 1.07 bits per heavy atom. The Balaban J connectivity index is 2.72. The van der Waals surface area contributed by atoms with Crippen molar-refractivity contribution in [3.63, 3.8) is 0 Å². The lowest BCUT2D eigenvalue weighted by Gasteiger charge is -2.17. The van der Waals surface area contributed by atoms with Gasteiger partial charge in [0.2, 0.25) is 5.75 Å². The fraction of sp³-hybridized carbons (Fsp3) is 0.294. The largest absolute Gasteiger partial charge is 0.504 e. The van der Waals surface area contributed by atoms with Crippen molar-refractivity contribution in [2.75, 3.05) is 0 Å². The van der Waals surface area contributed by atoms with Gasteiger partial charge in [-0.2, -0.15) is 0 Å². The van der Waals surface area contributed by atoms with Crippen LogP contribution in [0, 0.1) is 15.5 Å². The van der Waals surface area contributed by atoms with Crippen LogP contribution >= 0.6 is 0 Å². The number of carboxylic acid groups (broad SMARTS) is 1. The van der Waals surface area contributed by atoms with Gasteiger partial charge < -0.3 is 25.2 Å². The second-order valence-electron chi connectivity index (χ2n) is 6.84. The number of nitro groups is 1. The number of hydrogen-bond acceptors (Lipinski definition) is 8. The van der Waals surface area contributed by atoms with Crippen LogP contribution in [0.15, 0.2) is 12.1 Å². The summed E-state index contributed by atoms with van der Waals surface area (Å²) in [6.45, 7) is 4.27. The minimum absolute atomic E-state index is 0.123. The smallest absolute Gasteiger partial charge is 0.340 e. The van der Waals surface area contributed by atoms with Gasteiger partial charge in [0, 0.05) is 16.8 Å². The number of rotatable bonds is 4. The van der Waals surface area contributed by atoms with E-state index in [1.54, 1.807) is 20.8 Å². The second-order valence-corrected chi connectivity index (χ2v) is 6.84. The van der Waals surface area contributed by atoms with Gasteiger partial charge in [0.25, 0.3) is 5.69 Å². The number of nitro benzene ring substituents is 1. The van der Waals surface area contributed by atoms with Crippen molar-refractivity contribution in [3.8, 4) is 17.2 Å². The summed E-state index contributed by atoms with van der Waals surface area (Å²) >= 11 is 0. The van der Waals surface area contributed by atoms with Crippen LogP contribution in [0.4, 0.5) is 5.69 Å². The summed E-state index contributed by atoms with van der Waals surface area (Å²) < 4.78 is 5.05. The molecule has 0 bridgehead atoms. The molecule has 2 aromatic carbocycles. The number of carbonyl (C=O) groups is 2. The van der Waals surface area contributed by atoms with Crippen molar-refractivity contribution >= 4 is 28.4 Å². The quantitative estimate of drug-likeness (QED) is 0.270. The van der Waals surface area contributed by atoms with Gasteiger partial charge in [-0.3, -0.25) is 14.9 Å². The molecule has 0 aliphatic rings. The molecule has 0 spiro atoms. The fourth-order valence-electron chi connectivity index (χ4n) is 2.38. The first-order valence-corrected chi connectivity index (χ1v) is 7.64. The average Bonchev–Trinajstić information content (AvgIpc) is 2.56. The molecule has 144 valence electrons. The second kappa shape index (κ2) is 6.63. The third-order valence-electron chi connectivity index (χ3n) is 3.81. The van der Waals surface area contributed by atoms with E-state index in [4.69, 9.17) is 4.74 Å². The van der Waals surface area contributed by atoms with E-state index in [9.17, 15) is 40.1 Å². The molecule has 0 unspecified atom stereocenters. The van der Waals surface area contributed by atoms with Gasteiger partial charge in [0.05, 0.1) is 15.9 Å². The first-order chi connectivity index (χ1) is 12.4. The molecule has 10 heteroatoms. The Kier molecular flexibility index (Phi) is 4.85. The van der Waals surface area contributed by atoms with Crippen molar-refractivity contribution in [3.05, 3.63) is 33.4 Å². The number of ether oxygens (including phenoxy) is 1. The summed E-state index contributed by atoms with van der Waals surface area (Å²) in [6.07, 6.45) is 0. The molecule has 4 N–H and O–H groups in total. The first kappa shape index (κ1) is 19.8. The highest BCUT2D eigenvalue weighted by atomic mass is 16.6. The zero-order chi connectivity index (χ0) is 20.7. The van der Waals surface area contributed by atoms with E-state index < -0.39 is 57.4 Å². The van der Waals surface area contributed by atoms with Gasteiger partial charge in [0.1, 0.15) is 12.2 Å². The zero-order valence-corrected chi connectivity index (χ0v) is 14.6. The number of carboxylic acids is 1. The van der Waals surface area contributed by atoms with E-state index in [1.165, 1.54) is 0 Å². The predicted molar refractivity (Wildman–Crippen MR) is 91.8 cm³/mol. The van der Waals surface area contributed by atoms with Gasteiger partial charge in [-0.05, 0) is 26.8 Å². The van der Waals surface area contributed by atoms with Gasteiger partial charge in [-0.15, -0.1) is 0 Å². The molecule has 2 rings (SSSR count). The normalized spacial score (nSPS) is 11.4. The van der Waals surface area contributed by atoms with Gasteiger partial charge >= 0.3 is 11.9 Å². The number of aromatic carboxylic acids is 1. The summed E-state index contributed by atoms with van der Waals surface area (Å²) in [7, 11) is 0. The van der Waals surface area contributed by atoms with Crippen molar-refractivity contribution in [2.45, 2.75) is 27.4 Å². The maximum Gasteiger partial charge on any atom is 0.340 e. The molecule has 0 aromatic heterocycles. The number of fused-ring (bicyclic) bond motifs is 1. The molecule has 0 radical (unpaired) electrons. The predicted octanol–water partition coefficient (Wildman–Crippen LogP) is 2.65. The lowest BCUT2D eigenvalue weighted by atomic mass is 9.97. The van der Waals surface area contributed by atoms with E-state index in [1.807, 2.05) is 0 Å². The summed E-state index contributed by atoms with van der Waals surface area (Å²) in [5.74, 6) is -5.33. The highest BCUT2D eigenvalue weighted by Crippen LogP contribution is 2.46. The molecule has 0 aliphatic carbocycles. The van der Waals surface area contributed by atoms with Crippen LogP contribution in [-0.2, 0) is 16.1 Å². The monoisotopic (exact) mass is 379 g/mol. The molecule has 0 amide bonds. The van der Waals surface area contributed by atoms with Crippen molar-refractivity contribution in [1.82, 2.24) is 0 Å². The summed E-state index contributed by atoms with van der Waals surface area (Å²) in [4.78, 5) is 33.9. The molecule has 0 saturated heterocycles. The van der Waals surface area contributed by atoms with Gasteiger partial charge in [0.15, 0.2) is 11.5 Å². The minimum atomic E-state index is -1.66. The Hall–Kier alpha value is -3.56. The lowest BCUT2D eigenvalue weighted by Crippen LogP contribution is -2.22. The molecular formula is C17H17NO9. The number of benzene rings is 2. The summed E-state index contributed by atoms with van der Waals surface area (Å²) in [5.41, 5.74) is -2.35. The van der Waals surface area contributed by atoms with E-state index in [-0.39, 0.29) is 16.3 Å². The van der Waals surface area contributed by atoms with Crippen molar-refractivity contribution in [2.24, 2.45) is 5.41 Å². The van der Waals surface area contributed by atoms with E-state index in [0.717, 1.165) is 12.1 Å². The SMILES string of the molecule is CC(C)(C)C(=O)OCc1cc2c(O)c(O)c(O)c(C(=O)O)c2cc1[N+](=O)[O-]. The molecule has 0 atom stereocenters. The molecule has 10 nitrogen and oxygen atoms in total. The maximum atomic E-state index is 11.9. The Labute approximate surface area is 152 Å². The molecular weight excluding hydrogens is 362 g/mol. The number of hydrogen-bond donors (Lipinski definition) is 4. The topological polar surface area (TPSA) is 167 Å². The number of esters is 1.